The van der Waals surface area contributed by atoms with E-state index < -0.39 is 6.10 Å². The number of β-amino-alcohol motifs (C(OH)–C–C–N with tert-alkyl or cyclic N) is 1. The highest BCUT2D eigenvalue weighted by Crippen LogP contribution is 2.33. The molecule has 1 amide bonds. The number of aliphatic hydroxyl groups excluding tert-OH is 1. The number of aliphatic hydroxyl groups is 1. The van der Waals surface area contributed by atoms with E-state index in [0.29, 0.717) is 17.7 Å². The minimum absolute atomic E-state index is 0.0226. The summed E-state index contributed by atoms with van der Waals surface area (Å²) in [6.07, 6.45) is 1.27. The summed E-state index contributed by atoms with van der Waals surface area (Å²) in [6, 6.07) is 9.06. The van der Waals surface area contributed by atoms with Gasteiger partial charge in [0, 0.05) is 6.54 Å². The Morgan fingerprint density at radius 3 is 2.80 bits per heavy atom. The number of rotatable bonds is 4. The van der Waals surface area contributed by atoms with Gasteiger partial charge in [0.2, 0.25) is 0 Å². The van der Waals surface area contributed by atoms with Crippen molar-refractivity contribution in [3.05, 3.63) is 59.7 Å². The summed E-state index contributed by atoms with van der Waals surface area (Å²) >= 11 is 0. The predicted octanol–water partition coefficient (Wildman–Crippen LogP) is 2.96. The number of benzene rings is 1. The number of aromatic nitrogens is 1. The van der Waals surface area contributed by atoms with Gasteiger partial charge >= 0.3 is 0 Å². The molecule has 5 nitrogen and oxygen atoms in total. The lowest BCUT2D eigenvalue weighted by molar-refractivity contribution is 0.0709. The van der Waals surface area contributed by atoms with Gasteiger partial charge in [0.25, 0.3) is 5.91 Å². The number of hydrogen-bond donors (Lipinski definition) is 1. The third kappa shape index (κ3) is 3.96. The smallest absolute Gasteiger partial charge is 0.273 e. The van der Waals surface area contributed by atoms with Crippen LogP contribution in [0.5, 0.6) is 5.75 Å². The third-order valence-electron chi connectivity index (χ3n) is 4.10. The Hall–Kier alpha value is -2.47. The Labute approximate surface area is 146 Å². The molecule has 1 aromatic heterocycles. The van der Waals surface area contributed by atoms with Crippen LogP contribution < -0.4 is 4.74 Å². The van der Waals surface area contributed by atoms with E-state index in [-0.39, 0.29) is 36.1 Å². The summed E-state index contributed by atoms with van der Waals surface area (Å²) in [6.45, 7) is 4.02. The molecule has 0 saturated carbocycles. The molecule has 1 aliphatic heterocycles. The number of carbonyl (C=O) groups excluding carboxylic acids is 1. The van der Waals surface area contributed by atoms with Gasteiger partial charge in [0.15, 0.2) is 0 Å². The highest BCUT2D eigenvalue weighted by Gasteiger charge is 2.36. The Bertz CT molecular complexity index is 749. The summed E-state index contributed by atoms with van der Waals surface area (Å²) in [5.41, 5.74) is 0.941. The van der Waals surface area contributed by atoms with Crippen molar-refractivity contribution in [2.24, 2.45) is 0 Å². The Kier molecular flexibility index (Phi) is 4.99. The second kappa shape index (κ2) is 7.19. The first kappa shape index (κ1) is 17.4. The number of likely N-dealkylation sites (tertiary alicyclic amines) is 1. The molecule has 132 valence electrons. The molecule has 2 atom stereocenters. The summed E-state index contributed by atoms with van der Waals surface area (Å²) in [7, 11) is 0. The van der Waals surface area contributed by atoms with Crippen molar-refractivity contribution in [2.75, 3.05) is 6.54 Å². The van der Waals surface area contributed by atoms with E-state index in [1.165, 1.54) is 18.3 Å². The Morgan fingerprint density at radius 1 is 1.36 bits per heavy atom. The van der Waals surface area contributed by atoms with Crippen LogP contribution in [0.1, 0.15) is 42.4 Å². The molecule has 1 N–H and O–H groups in total. The Balaban J connectivity index is 1.82. The SMILES string of the molecule is CC(C)Oc1ccc(C(=O)N2C[C@@H](O)C[C@@H]2c2cccc(F)c2)nc1. The molecular formula is C19H21FN2O3. The zero-order chi connectivity index (χ0) is 18.0. The number of ether oxygens (including phenoxy) is 1. The lowest BCUT2D eigenvalue weighted by atomic mass is 10.0. The van der Waals surface area contributed by atoms with Crippen LogP contribution in [0, 0.1) is 5.82 Å². The van der Waals surface area contributed by atoms with Crippen LogP contribution in [0.4, 0.5) is 4.39 Å². The summed E-state index contributed by atoms with van der Waals surface area (Å²) < 4.78 is 19.1. The Morgan fingerprint density at radius 2 is 2.16 bits per heavy atom. The third-order valence-corrected chi connectivity index (χ3v) is 4.10. The molecule has 3 rings (SSSR count). The second-order valence-electron chi connectivity index (χ2n) is 6.46. The van der Waals surface area contributed by atoms with Crippen LogP contribution in [0.25, 0.3) is 0 Å². The fourth-order valence-corrected chi connectivity index (χ4v) is 3.06. The first-order chi connectivity index (χ1) is 11.9. The molecule has 0 radical (unpaired) electrons. The maximum Gasteiger partial charge on any atom is 0.273 e. The van der Waals surface area contributed by atoms with E-state index >= 15 is 0 Å². The second-order valence-corrected chi connectivity index (χ2v) is 6.46. The minimum Gasteiger partial charge on any atom is -0.489 e. The van der Waals surface area contributed by atoms with Crippen molar-refractivity contribution < 1.29 is 19.0 Å². The van der Waals surface area contributed by atoms with Crippen molar-refractivity contribution in [2.45, 2.75) is 38.5 Å². The van der Waals surface area contributed by atoms with Gasteiger partial charge in [-0.15, -0.1) is 0 Å². The average Bonchev–Trinajstić information content (AvgIpc) is 2.96. The maximum atomic E-state index is 13.5. The van der Waals surface area contributed by atoms with Crippen molar-refractivity contribution in [3.8, 4) is 5.75 Å². The molecule has 0 aliphatic carbocycles. The van der Waals surface area contributed by atoms with E-state index in [0.717, 1.165) is 0 Å². The molecule has 2 heterocycles. The zero-order valence-corrected chi connectivity index (χ0v) is 14.2. The van der Waals surface area contributed by atoms with Gasteiger partial charge in [-0.25, -0.2) is 9.37 Å². The van der Waals surface area contributed by atoms with Gasteiger partial charge in [-0.05, 0) is 50.1 Å². The van der Waals surface area contributed by atoms with Gasteiger partial charge < -0.3 is 14.7 Å². The van der Waals surface area contributed by atoms with Crippen LogP contribution in [-0.2, 0) is 0 Å². The van der Waals surface area contributed by atoms with E-state index in [9.17, 15) is 14.3 Å². The van der Waals surface area contributed by atoms with Crippen molar-refractivity contribution in [1.29, 1.82) is 0 Å². The number of pyridine rings is 1. The molecule has 0 bridgehead atoms. The van der Waals surface area contributed by atoms with Crippen LogP contribution in [-0.4, -0.2) is 39.7 Å². The minimum atomic E-state index is -0.638. The molecule has 2 aromatic rings. The predicted molar refractivity (Wildman–Crippen MR) is 90.8 cm³/mol. The number of halogens is 1. The van der Waals surface area contributed by atoms with Crippen LogP contribution in [0.2, 0.25) is 0 Å². The zero-order valence-electron chi connectivity index (χ0n) is 14.2. The highest BCUT2D eigenvalue weighted by atomic mass is 19.1. The summed E-state index contributed by atoms with van der Waals surface area (Å²) in [5.74, 6) is -0.0591. The first-order valence-electron chi connectivity index (χ1n) is 8.31. The highest BCUT2D eigenvalue weighted by molar-refractivity contribution is 5.93. The van der Waals surface area contributed by atoms with E-state index in [1.54, 1.807) is 29.2 Å². The standard InChI is InChI=1S/C19H21FN2O3/c1-12(2)25-16-6-7-17(21-10-16)19(24)22-11-15(23)9-18(22)13-4-3-5-14(20)8-13/h3-8,10,12,15,18,23H,9,11H2,1-2H3/t15-,18+/m0/s1. The van der Waals surface area contributed by atoms with E-state index in [1.807, 2.05) is 13.8 Å². The van der Waals surface area contributed by atoms with Gasteiger partial charge in [-0.1, -0.05) is 12.1 Å². The topological polar surface area (TPSA) is 62.7 Å². The van der Waals surface area contributed by atoms with Gasteiger partial charge in [0.1, 0.15) is 17.3 Å². The first-order valence-corrected chi connectivity index (χ1v) is 8.31. The van der Waals surface area contributed by atoms with Crippen molar-refractivity contribution >= 4 is 5.91 Å². The molecule has 1 aliphatic rings. The quantitative estimate of drug-likeness (QED) is 0.926. The van der Waals surface area contributed by atoms with Crippen molar-refractivity contribution in [3.63, 3.8) is 0 Å². The summed E-state index contributed by atoms with van der Waals surface area (Å²) in [4.78, 5) is 18.5. The normalized spacial score (nSPS) is 20.1. The molecule has 1 saturated heterocycles. The monoisotopic (exact) mass is 344 g/mol. The van der Waals surface area contributed by atoms with Gasteiger partial charge in [0.05, 0.1) is 24.4 Å². The molecule has 0 unspecified atom stereocenters. The fourth-order valence-electron chi connectivity index (χ4n) is 3.06. The van der Waals surface area contributed by atoms with E-state index in [2.05, 4.69) is 4.98 Å². The summed E-state index contributed by atoms with van der Waals surface area (Å²) in [5, 5.41) is 10.0. The molecule has 0 spiro atoms. The fraction of sp³-hybridized carbons (Fsp3) is 0.368. The molecule has 6 heteroatoms. The molecule has 1 aromatic carbocycles. The number of nitrogens with zero attached hydrogens (tertiary/aromatic N) is 2. The average molecular weight is 344 g/mol. The van der Waals surface area contributed by atoms with Crippen LogP contribution in [0.15, 0.2) is 42.6 Å². The lowest BCUT2D eigenvalue weighted by Crippen LogP contribution is -2.32. The van der Waals surface area contributed by atoms with Crippen LogP contribution >= 0.6 is 0 Å². The number of hydrogen-bond acceptors (Lipinski definition) is 4. The molecule has 1 fully saturated rings. The molecular weight excluding hydrogens is 323 g/mol. The number of carbonyl (C=O) groups is 1. The van der Waals surface area contributed by atoms with Gasteiger partial charge in [-0.2, -0.15) is 0 Å². The maximum absolute atomic E-state index is 13.5. The van der Waals surface area contributed by atoms with Gasteiger partial charge in [-0.3, -0.25) is 4.79 Å². The molecule has 25 heavy (non-hydrogen) atoms. The largest absolute Gasteiger partial charge is 0.489 e. The van der Waals surface area contributed by atoms with E-state index in [4.69, 9.17) is 4.74 Å². The number of amides is 1. The lowest BCUT2D eigenvalue weighted by Gasteiger charge is -2.24. The van der Waals surface area contributed by atoms with Crippen LogP contribution in [0.3, 0.4) is 0 Å². The van der Waals surface area contributed by atoms with Crippen molar-refractivity contribution in [1.82, 2.24) is 9.88 Å².